The van der Waals surface area contributed by atoms with Crippen molar-refractivity contribution in [1.29, 1.82) is 0 Å². The number of nitrogens with one attached hydrogen (secondary N) is 1. The van der Waals surface area contributed by atoms with Gasteiger partial charge in [0.15, 0.2) is 6.61 Å². The van der Waals surface area contributed by atoms with Gasteiger partial charge < -0.3 is 19.4 Å². The molecule has 7 heteroatoms. The molecule has 0 spiro atoms. The Balaban J connectivity index is 1.65. The first-order chi connectivity index (χ1) is 11.6. The second-order valence-electron chi connectivity index (χ2n) is 5.13. The Kier molecular flexibility index (Phi) is 4.52. The highest BCUT2D eigenvalue weighted by molar-refractivity contribution is 7.16. The van der Waals surface area contributed by atoms with E-state index in [9.17, 15) is 9.59 Å². The molecule has 1 aromatic heterocycles. The number of thiazole rings is 1. The van der Waals surface area contributed by atoms with Crippen LogP contribution < -0.4 is 19.7 Å². The summed E-state index contributed by atoms with van der Waals surface area (Å²) in [7, 11) is 3.29. The molecule has 0 bridgehead atoms. The molecule has 0 saturated carbocycles. The van der Waals surface area contributed by atoms with E-state index in [1.165, 1.54) is 0 Å². The summed E-state index contributed by atoms with van der Waals surface area (Å²) < 4.78 is 13.0. The van der Waals surface area contributed by atoms with Crippen molar-refractivity contribution in [2.45, 2.75) is 0 Å². The van der Waals surface area contributed by atoms with Gasteiger partial charge >= 0.3 is 4.87 Å². The van der Waals surface area contributed by atoms with Crippen LogP contribution in [0.3, 0.4) is 0 Å². The molecule has 3 aromatic rings. The molecule has 1 heterocycles. The highest BCUT2D eigenvalue weighted by atomic mass is 32.1. The zero-order chi connectivity index (χ0) is 17.1. The molecular formula is C17H16N2O4S. The summed E-state index contributed by atoms with van der Waals surface area (Å²) in [5, 5.41) is 2.76. The molecule has 0 atom stereocenters. The van der Waals surface area contributed by atoms with Crippen LogP contribution in [0.4, 0.5) is 5.69 Å². The minimum atomic E-state index is -0.277. The van der Waals surface area contributed by atoms with Crippen LogP contribution in [0.2, 0.25) is 0 Å². The van der Waals surface area contributed by atoms with Crippen molar-refractivity contribution in [2.24, 2.45) is 7.05 Å². The van der Waals surface area contributed by atoms with Crippen molar-refractivity contribution in [3.05, 3.63) is 52.1 Å². The number of carbonyl (C=O) groups is 1. The lowest BCUT2D eigenvalue weighted by atomic mass is 10.3. The maximum Gasteiger partial charge on any atom is 0.307 e. The predicted molar refractivity (Wildman–Crippen MR) is 94.2 cm³/mol. The summed E-state index contributed by atoms with van der Waals surface area (Å²) >= 11 is 1.15. The first kappa shape index (κ1) is 16.1. The zero-order valence-electron chi connectivity index (χ0n) is 13.2. The van der Waals surface area contributed by atoms with Gasteiger partial charge in [0.1, 0.15) is 11.5 Å². The molecule has 2 aromatic carbocycles. The predicted octanol–water partition coefficient (Wildman–Crippen LogP) is 2.63. The SMILES string of the molecule is COc1cccc(OCC(=O)Nc2ccc3c(c2)sc(=O)n3C)c1. The second-order valence-corrected chi connectivity index (χ2v) is 6.12. The van der Waals surface area contributed by atoms with Crippen molar-refractivity contribution in [3.8, 4) is 11.5 Å². The van der Waals surface area contributed by atoms with E-state index in [1.54, 1.807) is 55.1 Å². The Morgan fingerprint density at radius 1 is 1.21 bits per heavy atom. The average molecular weight is 344 g/mol. The van der Waals surface area contributed by atoms with Crippen molar-refractivity contribution in [1.82, 2.24) is 4.57 Å². The van der Waals surface area contributed by atoms with E-state index in [4.69, 9.17) is 9.47 Å². The standard InChI is InChI=1S/C17H16N2O4S/c1-19-14-7-6-11(8-15(14)24-17(19)21)18-16(20)10-23-13-5-3-4-12(9-13)22-2/h3-9H,10H2,1-2H3,(H,18,20). The van der Waals surface area contributed by atoms with Gasteiger partial charge in [0.2, 0.25) is 0 Å². The normalized spacial score (nSPS) is 10.6. The van der Waals surface area contributed by atoms with Crippen LogP contribution in [0.5, 0.6) is 11.5 Å². The summed E-state index contributed by atoms with van der Waals surface area (Å²) in [6.07, 6.45) is 0. The molecule has 0 aliphatic rings. The quantitative estimate of drug-likeness (QED) is 0.772. The van der Waals surface area contributed by atoms with Crippen LogP contribution in [0.15, 0.2) is 47.3 Å². The van der Waals surface area contributed by atoms with Gasteiger partial charge in [0.05, 0.1) is 17.3 Å². The van der Waals surface area contributed by atoms with Gasteiger partial charge in [0.25, 0.3) is 5.91 Å². The topological polar surface area (TPSA) is 69.6 Å². The molecule has 1 N–H and O–H groups in total. The molecule has 1 amide bonds. The molecule has 0 saturated heterocycles. The van der Waals surface area contributed by atoms with Gasteiger partial charge in [-0.2, -0.15) is 0 Å². The van der Waals surface area contributed by atoms with Crippen molar-refractivity contribution in [3.63, 3.8) is 0 Å². The third-order valence-electron chi connectivity index (χ3n) is 3.49. The number of amides is 1. The number of carbonyl (C=O) groups excluding carboxylic acids is 1. The molecule has 24 heavy (non-hydrogen) atoms. The summed E-state index contributed by atoms with van der Waals surface area (Å²) in [6, 6.07) is 12.4. The smallest absolute Gasteiger partial charge is 0.307 e. The molecule has 124 valence electrons. The van der Waals surface area contributed by atoms with E-state index < -0.39 is 0 Å². The number of aromatic nitrogens is 1. The number of hydrogen-bond donors (Lipinski definition) is 1. The first-order valence-corrected chi connectivity index (χ1v) is 8.05. The maximum atomic E-state index is 12.0. The lowest BCUT2D eigenvalue weighted by Gasteiger charge is -2.08. The summed E-state index contributed by atoms with van der Waals surface area (Å²) in [6.45, 7) is -0.115. The summed E-state index contributed by atoms with van der Waals surface area (Å²) in [4.78, 5) is 23.6. The van der Waals surface area contributed by atoms with Crippen LogP contribution >= 0.6 is 11.3 Å². The van der Waals surface area contributed by atoms with Crippen molar-refractivity contribution in [2.75, 3.05) is 19.0 Å². The number of nitrogens with zero attached hydrogens (tertiary/aromatic N) is 1. The number of rotatable bonds is 5. The van der Waals surface area contributed by atoms with E-state index in [0.717, 1.165) is 21.6 Å². The zero-order valence-corrected chi connectivity index (χ0v) is 14.1. The minimum Gasteiger partial charge on any atom is -0.497 e. The second kappa shape index (κ2) is 6.76. The van der Waals surface area contributed by atoms with E-state index >= 15 is 0 Å². The third-order valence-corrected chi connectivity index (χ3v) is 4.48. The summed E-state index contributed by atoms with van der Waals surface area (Å²) in [5.41, 5.74) is 1.47. The average Bonchev–Trinajstić information content (AvgIpc) is 2.87. The third kappa shape index (κ3) is 3.41. The lowest BCUT2D eigenvalue weighted by Crippen LogP contribution is -2.20. The molecule has 0 unspecified atom stereocenters. The molecule has 0 aliphatic carbocycles. The number of benzene rings is 2. The minimum absolute atomic E-state index is 0.0326. The van der Waals surface area contributed by atoms with Gasteiger partial charge in [0, 0.05) is 18.8 Å². The highest BCUT2D eigenvalue weighted by Crippen LogP contribution is 2.21. The molecule has 6 nitrogen and oxygen atoms in total. The number of methoxy groups -OCH3 is 1. The van der Waals surface area contributed by atoms with E-state index in [-0.39, 0.29) is 17.4 Å². The van der Waals surface area contributed by atoms with E-state index in [0.29, 0.717) is 17.2 Å². The molecule has 0 aliphatic heterocycles. The first-order valence-electron chi connectivity index (χ1n) is 7.23. The summed E-state index contributed by atoms with van der Waals surface area (Å²) in [5.74, 6) is 0.944. The van der Waals surface area contributed by atoms with Gasteiger partial charge in [-0.3, -0.25) is 9.59 Å². The van der Waals surface area contributed by atoms with Gasteiger partial charge in [-0.15, -0.1) is 0 Å². The maximum absolute atomic E-state index is 12.0. The van der Waals surface area contributed by atoms with Crippen LogP contribution in [-0.2, 0) is 11.8 Å². The fourth-order valence-electron chi connectivity index (χ4n) is 2.25. The van der Waals surface area contributed by atoms with Crippen LogP contribution in [0.1, 0.15) is 0 Å². The largest absolute Gasteiger partial charge is 0.497 e. The molecule has 0 radical (unpaired) electrons. The van der Waals surface area contributed by atoms with Crippen LogP contribution in [-0.4, -0.2) is 24.2 Å². The van der Waals surface area contributed by atoms with E-state index in [1.807, 2.05) is 6.07 Å². The van der Waals surface area contributed by atoms with Crippen molar-refractivity contribution >= 4 is 33.1 Å². The number of aryl methyl sites for hydroxylation is 1. The van der Waals surface area contributed by atoms with Crippen LogP contribution in [0, 0.1) is 0 Å². The Labute approximate surface area is 142 Å². The number of hydrogen-bond acceptors (Lipinski definition) is 5. The fourth-order valence-corrected chi connectivity index (χ4v) is 3.17. The lowest BCUT2D eigenvalue weighted by molar-refractivity contribution is -0.118. The molecular weight excluding hydrogens is 328 g/mol. The Hall–Kier alpha value is -2.80. The Morgan fingerprint density at radius 2 is 2.00 bits per heavy atom. The van der Waals surface area contributed by atoms with E-state index in [2.05, 4.69) is 5.32 Å². The fraction of sp³-hybridized carbons (Fsp3) is 0.176. The van der Waals surface area contributed by atoms with Gasteiger partial charge in [-0.1, -0.05) is 17.4 Å². The Morgan fingerprint density at radius 3 is 2.79 bits per heavy atom. The van der Waals surface area contributed by atoms with Crippen molar-refractivity contribution < 1.29 is 14.3 Å². The van der Waals surface area contributed by atoms with Gasteiger partial charge in [-0.05, 0) is 30.3 Å². The number of ether oxygens (including phenoxy) is 2. The number of fused-ring (bicyclic) bond motifs is 1. The monoisotopic (exact) mass is 344 g/mol. The highest BCUT2D eigenvalue weighted by Gasteiger charge is 2.08. The molecule has 0 fully saturated rings. The van der Waals surface area contributed by atoms with Crippen LogP contribution in [0.25, 0.3) is 10.2 Å². The van der Waals surface area contributed by atoms with Gasteiger partial charge in [-0.25, -0.2) is 0 Å². The number of anilines is 1. The Bertz CT molecular complexity index is 945. The molecule has 3 rings (SSSR count).